The van der Waals surface area contributed by atoms with E-state index in [-0.39, 0.29) is 0 Å². The average molecular weight is 257 g/mol. The van der Waals surface area contributed by atoms with Crippen LogP contribution in [0, 0.1) is 5.41 Å². The van der Waals surface area contributed by atoms with E-state index in [2.05, 4.69) is 41.4 Å². The molecule has 1 atom stereocenters. The highest BCUT2D eigenvalue weighted by atomic mass is 16.5. The number of hydrogen-bond donors (Lipinski definition) is 1. The molecule has 1 unspecified atom stereocenters. The first-order valence-corrected chi connectivity index (χ1v) is 6.72. The quantitative estimate of drug-likeness (QED) is 0.894. The van der Waals surface area contributed by atoms with Gasteiger partial charge in [0.25, 0.3) is 0 Å². The molecule has 0 bridgehead atoms. The second-order valence-corrected chi connectivity index (χ2v) is 5.89. The summed E-state index contributed by atoms with van der Waals surface area (Å²) >= 11 is 0. The molecule has 0 radical (unpaired) electrons. The standard InChI is InChI=1S/C15H19N3O/c1-15(2)9-12(15)16-10-14-17-13(18-19-14)8-11-6-4-3-5-7-11/h3-7,12,16H,8-10H2,1-2H3. The Labute approximate surface area is 113 Å². The van der Waals surface area contributed by atoms with Crippen molar-refractivity contribution in [1.29, 1.82) is 0 Å². The Kier molecular flexibility index (Phi) is 3.11. The van der Waals surface area contributed by atoms with E-state index in [4.69, 9.17) is 4.52 Å². The maximum absolute atomic E-state index is 5.26. The van der Waals surface area contributed by atoms with E-state index in [0.29, 0.717) is 23.9 Å². The van der Waals surface area contributed by atoms with Crippen LogP contribution in [0.15, 0.2) is 34.9 Å². The topological polar surface area (TPSA) is 51.0 Å². The van der Waals surface area contributed by atoms with Gasteiger partial charge in [0.1, 0.15) is 0 Å². The van der Waals surface area contributed by atoms with E-state index in [1.54, 1.807) is 0 Å². The summed E-state index contributed by atoms with van der Waals surface area (Å²) in [5.41, 5.74) is 1.62. The van der Waals surface area contributed by atoms with Gasteiger partial charge in [-0.15, -0.1) is 0 Å². The molecule has 4 heteroatoms. The summed E-state index contributed by atoms with van der Waals surface area (Å²) in [4.78, 5) is 4.41. The van der Waals surface area contributed by atoms with Gasteiger partial charge >= 0.3 is 0 Å². The highest BCUT2D eigenvalue weighted by Crippen LogP contribution is 2.44. The molecule has 0 spiro atoms. The maximum atomic E-state index is 5.26. The highest BCUT2D eigenvalue weighted by Gasteiger charge is 2.45. The third-order valence-corrected chi connectivity index (χ3v) is 3.73. The van der Waals surface area contributed by atoms with E-state index < -0.39 is 0 Å². The van der Waals surface area contributed by atoms with E-state index in [1.807, 2.05) is 18.2 Å². The van der Waals surface area contributed by atoms with E-state index in [1.165, 1.54) is 12.0 Å². The Morgan fingerprint density at radius 3 is 2.74 bits per heavy atom. The van der Waals surface area contributed by atoms with Gasteiger partial charge in [0, 0.05) is 12.5 Å². The lowest BCUT2D eigenvalue weighted by Crippen LogP contribution is -2.20. The summed E-state index contributed by atoms with van der Waals surface area (Å²) in [6.45, 7) is 5.19. The first-order valence-electron chi connectivity index (χ1n) is 6.72. The first-order chi connectivity index (χ1) is 9.13. The minimum absolute atomic E-state index is 0.424. The van der Waals surface area contributed by atoms with Gasteiger partial charge in [0.2, 0.25) is 5.89 Å². The number of rotatable bonds is 5. The molecular weight excluding hydrogens is 238 g/mol. The lowest BCUT2D eigenvalue weighted by molar-refractivity contribution is 0.359. The Morgan fingerprint density at radius 2 is 2.05 bits per heavy atom. The van der Waals surface area contributed by atoms with Crippen LogP contribution in [0.2, 0.25) is 0 Å². The fourth-order valence-electron chi connectivity index (χ4n) is 2.24. The van der Waals surface area contributed by atoms with Crippen LogP contribution in [-0.2, 0) is 13.0 Å². The zero-order valence-electron chi connectivity index (χ0n) is 11.4. The van der Waals surface area contributed by atoms with Crippen LogP contribution >= 0.6 is 0 Å². The van der Waals surface area contributed by atoms with Crippen LogP contribution in [0.4, 0.5) is 0 Å². The normalized spacial score (nSPS) is 20.4. The van der Waals surface area contributed by atoms with Crippen LogP contribution in [0.5, 0.6) is 0 Å². The van der Waals surface area contributed by atoms with Gasteiger partial charge in [-0.2, -0.15) is 4.98 Å². The third kappa shape index (κ3) is 3.01. The summed E-state index contributed by atoms with van der Waals surface area (Å²) in [5, 5.41) is 7.46. The molecule has 1 aromatic heterocycles. The smallest absolute Gasteiger partial charge is 0.240 e. The Balaban J connectivity index is 1.55. The summed E-state index contributed by atoms with van der Waals surface area (Å²) in [5.74, 6) is 1.42. The molecule has 1 aromatic carbocycles. The minimum atomic E-state index is 0.424. The van der Waals surface area contributed by atoms with Crippen molar-refractivity contribution in [2.24, 2.45) is 5.41 Å². The molecule has 0 amide bonds. The predicted molar refractivity (Wildman–Crippen MR) is 72.6 cm³/mol. The SMILES string of the molecule is CC1(C)CC1NCc1nc(Cc2ccccc2)no1. The summed E-state index contributed by atoms with van der Waals surface area (Å²) in [7, 11) is 0. The van der Waals surface area contributed by atoms with Crippen LogP contribution in [0.3, 0.4) is 0 Å². The van der Waals surface area contributed by atoms with Crippen molar-refractivity contribution >= 4 is 0 Å². The van der Waals surface area contributed by atoms with Gasteiger partial charge in [0.15, 0.2) is 5.82 Å². The first kappa shape index (κ1) is 12.4. The van der Waals surface area contributed by atoms with Crippen molar-refractivity contribution in [3.63, 3.8) is 0 Å². The number of nitrogens with zero attached hydrogens (tertiary/aromatic N) is 2. The second kappa shape index (κ2) is 4.78. The van der Waals surface area contributed by atoms with Gasteiger partial charge in [-0.25, -0.2) is 0 Å². The molecule has 1 aliphatic rings. The molecule has 1 aliphatic carbocycles. The number of aromatic nitrogens is 2. The number of benzene rings is 1. The molecule has 1 N–H and O–H groups in total. The third-order valence-electron chi connectivity index (χ3n) is 3.73. The molecular formula is C15H19N3O. The van der Waals surface area contributed by atoms with Crippen molar-refractivity contribution in [1.82, 2.24) is 15.5 Å². The summed E-state index contributed by atoms with van der Waals surface area (Å²) < 4.78 is 5.26. The van der Waals surface area contributed by atoms with Crippen molar-refractivity contribution in [2.45, 2.75) is 39.3 Å². The summed E-state index contributed by atoms with van der Waals surface area (Å²) in [6, 6.07) is 10.8. The fourth-order valence-corrected chi connectivity index (χ4v) is 2.24. The van der Waals surface area contributed by atoms with E-state index in [0.717, 1.165) is 12.2 Å². The van der Waals surface area contributed by atoms with Crippen molar-refractivity contribution in [3.05, 3.63) is 47.6 Å². The van der Waals surface area contributed by atoms with Gasteiger partial charge < -0.3 is 9.84 Å². The molecule has 3 rings (SSSR count). The molecule has 1 saturated carbocycles. The molecule has 1 heterocycles. The van der Waals surface area contributed by atoms with E-state index >= 15 is 0 Å². The number of nitrogens with one attached hydrogen (secondary N) is 1. The van der Waals surface area contributed by atoms with Crippen molar-refractivity contribution in [2.75, 3.05) is 0 Å². The molecule has 2 aromatic rings. The zero-order chi connectivity index (χ0) is 13.3. The molecule has 19 heavy (non-hydrogen) atoms. The fraction of sp³-hybridized carbons (Fsp3) is 0.467. The maximum Gasteiger partial charge on any atom is 0.240 e. The van der Waals surface area contributed by atoms with Crippen LogP contribution < -0.4 is 5.32 Å². The van der Waals surface area contributed by atoms with Crippen molar-refractivity contribution in [3.8, 4) is 0 Å². The van der Waals surface area contributed by atoms with Gasteiger partial charge in [-0.1, -0.05) is 49.3 Å². The minimum Gasteiger partial charge on any atom is -0.338 e. The van der Waals surface area contributed by atoms with Crippen LogP contribution in [0.25, 0.3) is 0 Å². The Hall–Kier alpha value is -1.68. The zero-order valence-corrected chi connectivity index (χ0v) is 11.4. The summed E-state index contributed by atoms with van der Waals surface area (Å²) in [6.07, 6.45) is 1.94. The Morgan fingerprint density at radius 1 is 1.32 bits per heavy atom. The monoisotopic (exact) mass is 257 g/mol. The molecule has 100 valence electrons. The van der Waals surface area contributed by atoms with E-state index in [9.17, 15) is 0 Å². The van der Waals surface area contributed by atoms with Crippen molar-refractivity contribution < 1.29 is 4.52 Å². The van der Waals surface area contributed by atoms with Gasteiger partial charge in [-0.05, 0) is 17.4 Å². The lowest BCUT2D eigenvalue weighted by atomic mass is 10.1. The average Bonchev–Trinajstić information content (AvgIpc) is 2.81. The van der Waals surface area contributed by atoms with Crippen LogP contribution in [-0.4, -0.2) is 16.2 Å². The van der Waals surface area contributed by atoms with Gasteiger partial charge in [-0.3, -0.25) is 0 Å². The molecule has 0 saturated heterocycles. The van der Waals surface area contributed by atoms with Gasteiger partial charge in [0.05, 0.1) is 6.54 Å². The number of hydrogen-bond acceptors (Lipinski definition) is 4. The largest absolute Gasteiger partial charge is 0.338 e. The molecule has 4 nitrogen and oxygen atoms in total. The second-order valence-electron chi connectivity index (χ2n) is 5.89. The molecule has 0 aliphatic heterocycles. The Bertz CT molecular complexity index is 548. The highest BCUT2D eigenvalue weighted by molar-refractivity contribution is 5.18. The van der Waals surface area contributed by atoms with Crippen LogP contribution in [0.1, 0.15) is 37.5 Å². The predicted octanol–water partition coefficient (Wildman–Crippen LogP) is 2.55. The lowest BCUT2D eigenvalue weighted by Gasteiger charge is -2.02. The molecule has 1 fully saturated rings.